The monoisotopic (exact) mass is 295 g/mol. The zero-order chi connectivity index (χ0) is 15.7. The van der Waals surface area contributed by atoms with E-state index in [9.17, 15) is 9.59 Å². The second-order valence-corrected chi connectivity index (χ2v) is 4.77. The van der Waals surface area contributed by atoms with Gasteiger partial charge in [0.05, 0.1) is 11.4 Å². The molecule has 7 nitrogen and oxygen atoms in total. The van der Waals surface area contributed by atoms with Crippen molar-refractivity contribution in [3.05, 3.63) is 53.6 Å². The highest BCUT2D eigenvalue weighted by Crippen LogP contribution is 2.21. The maximum Gasteiger partial charge on any atom is 0.275 e. The number of nitrogens with two attached hydrogens (primary N) is 1. The van der Waals surface area contributed by atoms with Gasteiger partial charge in [-0.2, -0.15) is 5.10 Å². The third kappa shape index (κ3) is 2.28. The van der Waals surface area contributed by atoms with E-state index < -0.39 is 11.8 Å². The van der Waals surface area contributed by atoms with Crippen molar-refractivity contribution in [1.29, 1.82) is 0 Å². The quantitative estimate of drug-likeness (QED) is 0.681. The summed E-state index contributed by atoms with van der Waals surface area (Å²) >= 11 is 0. The second kappa shape index (κ2) is 5.28. The van der Waals surface area contributed by atoms with E-state index >= 15 is 0 Å². The van der Waals surface area contributed by atoms with E-state index in [-0.39, 0.29) is 17.1 Å². The number of primary amides is 1. The van der Waals surface area contributed by atoms with Gasteiger partial charge in [0.1, 0.15) is 5.69 Å². The molecule has 0 aliphatic heterocycles. The van der Waals surface area contributed by atoms with Gasteiger partial charge in [0.25, 0.3) is 11.8 Å². The molecule has 0 saturated carbocycles. The van der Waals surface area contributed by atoms with E-state index in [1.807, 2.05) is 30.3 Å². The van der Waals surface area contributed by atoms with Crippen molar-refractivity contribution in [1.82, 2.24) is 15.2 Å². The summed E-state index contributed by atoms with van der Waals surface area (Å²) < 4.78 is 0. The van der Waals surface area contributed by atoms with Gasteiger partial charge in [-0.1, -0.05) is 24.3 Å². The number of carbonyl (C=O) groups is 2. The Morgan fingerprint density at radius 2 is 1.95 bits per heavy atom. The number of aromatic nitrogens is 3. The highest BCUT2D eigenvalue weighted by Gasteiger charge is 2.19. The summed E-state index contributed by atoms with van der Waals surface area (Å²) in [6, 6.07) is 9.25. The van der Waals surface area contributed by atoms with Crippen LogP contribution in [0.5, 0.6) is 0 Å². The number of rotatable bonds is 3. The molecule has 0 radical (unpaired) electrons. The fourth-order valence-corrected chi connectivity index (χ4v) is 2.23. The fraction of sp³-hybridized carbons (Fsp3) is 0.0667. The molecule has 0 saturated heterocycles. The van der Waals surface area contributed by atoms with Crippen LogP contribution in [-0.2, 0) is 0 Å². The summed E-state index contributed by atoms with van der Waals surface area (Å²) in [5, 5.41) is 10.7. The molecule has 0 aliphatic rings. The first-order valence-corrected chi connectivity index (χ1v) is 6.58. The molecule has 22 heavy (non-hydrogen) atoms. The summed E-state index contributed by atoms with van der Waals surface area (Å²) in [5.41, 5.74) is 6.32. The minimum absolute atomic E-state index is 0.00825. The number of fused-ring (bicyclic) bond motifs is 1. The van der Waals surface area contributed by atoms with E-state index in [2.05, 4.69) is 20.5 Å². The Kier molecular flexibility index (Phi) is 3.30. The first kappa shape index (κ1) is 13.7. The first-order chi connectivity index (χ1) is 10.6. The molecule has 3 aromatic rings. The molecular weight excluding hydrogens is 282 g/mol. The Bertz CT molecular complexity index is 879. The number of nitrogens with one attached hydrogen (secondary N) is 2. The first-order valence-electron chi connectivity index (χ1n) is 6.58. The molecular formula is C15H13N5O2. The number of aryl methyl sites for hydroxylation is 1. The largest absolute Gasteiger partial charge is 0.364 e. The average Bonchev–Trinajstić information content (AvgIpc) is 2.88. The van der Waals surface area contributed by atoms with Crippen LogP contribution in [0.3, 0.4) is 0 Å². The maximum absolute atomic E-state index is 12.5. The van der Waals surface area contributed by atoms with Gasteiger partial charge < -0.3 is 11.1 Å². The van der Waals surface area contributed by atoms with Crippen molar-refractivity contribution in [3.8, 4) is 0 Å². The van der Waals surface area contributed by atoms with Crippen LogP contribution in [0.2, 0.25) is 0 Å². The Hall–Kier alpha value is -3.22. The molecule has 0 atom stereocenters. The van der Waals surface area contributed by atoms with Crippen LogP contribution in [0.25, 0.3) is 10.8 Å². The Morgan fingerprint density at radius 3 is 2.73 bits per heavy atom. The standard InChI is InChI=1S/C15H13N5O2/c1-8-11(13(14(16)21)20-19-8)18-15(22)12-10-5-3-2-4-9(10)6-7-17-12/h2-7H,1H3,(H2,16,21)(H,18,22)(H,19,20). The van der Waals surface area contributed by atoms with Gasteiger partial charge in [-0.3, -0.25) is 19.7 Å². The average molecular weight is 295 g/mol. The zero-order valence-electron chi connectivity index (χ0n) is 11.8. The SMILES string of the molecule is Cc1[nH]nc(C(N)=O)c1NC(=O)c1nccc2ccccc12. The second-order valence-electron chi connectivity index (χ2n) is 4.77. The number of H-pyrrole nitrogens is 1. The normalized spacial score (nSPS) is 10.6. The lowest BCUT2D eigenvalue weighted by Gasteiger charge is -2.07. The minimum Gasteiger partial charge on any atom is -0.364 e. The van der Waals surface area contributed by atoms with Gasteiger partial charge in [-0.25, -0.2) is 0 Å². The molecule has 110 valence electrons. The van der Waals surface area contributed by atoms with Crippen molar-refractivity contribution in [2.24, 2.45) is 5.73 Å². The third-order valence-corrected chi connectivity index (χ3v) is 3.31. The molecule has 1 aromatic carbocycles. The summed E-state index contributed by atoms with van der Waals surface area (Å²) in [7, 11) is 0. The van der Waals surface area contributed by atoms with Gasteiger partial charge in [-0.15, -0.1) is 0 Å². The number of hydrogen-bond donors (Lipinski definition) is 3. The lowest BCUT2D eigenvalue weighted by atomic mass is 10.1. The van der Waals surface area contributed by atoms with Crippen LogP contribution in [0.4, 0.5) is 5.69 Å². The van der Waals surface area contributed by atoms with E-state index in [1.165, 1.54) is 0 Å². The topological polar surface area (TPSA) is 114 Å². The van der Waals surface area contributed by atoms with Crippen LogP contribution in [0, 0.1) is 6.92 Å². The summed E-state index contributed by atoms with van der Waals surface area (Å²) in [6.45, 7) is 1.69. The van der Waals surface area contributed by atoms with Gasteiger partial charge in [0, 0.05) is 11.6 Å². The van der Waals surface area contributed by atoms with Gasteiger partial charge in [-0.05, 0) is 18.4 Å². The van der Waals surface area contributed by atoms with Crippen molar-refractivity contribution in [2.75, 3.05) is 5.32 Å². The van der Waals surface area contributed by atoms with Gasteiger partial charge in [0.15, 0.2) is 5.69 Å². The predicted molar refractivity (Wildman–Crippen MR) is 81.5 cm³/mol. The number of amides is 2. The lowest BCUT2D eigenvalue weighted by molar-refractivity contribution is 0.0996. The maximum atomic E-state index is 12.5. The van der Waals surface area contributed by atoms with Gasteiger partial charge >= 0.3 is 0 Å². The Labute approximate surface area is 125 Å². The van der Waals surface area contributed by atoms with E-state index in [4.69, 9.17) is 5.73 Å². The van der Waals surface area contributed by atoms with E-state index in [0.29, 0.717) is 5.69 Å². The molecule has 2 amide bonds. The number of hydrogen-bond acceptors (Lipinski definition) is 4. The van der Waals surface area contributed by atoms with Crippen LogP contribution in [-0.4, -0.2) is 27.0 Å². The number of anilines is 1. The van der Waals surface area contributed by atoms with Crippen molar-refractivity contribution in [3.63, 3.8) is 0 Å². The van der Waals surface area contributed by atoms with Crippen LogP contribution >= 0.6 is 0 Å². The van der Waals surface area contributed by atoms with Gasteiger partial charge in [0.2, 0.25) is 0 Å². The lowest BCUT2D eigenvalue weighted by Crippen LogP contribution is -2.19. The number of pyridine rings is 1. The molecule has 2 aromatic heterocycles. The molecule has 0 bridgehead atoms. The number of carbonyl (C=O) groups excluding carboxylic acids is 2. The van der Waals surface area contributed by atoms with Crippen LogP contribution in [0.15, 0.2) is 36.5 Å². The fourth-order valence-electron chi connectivity index (χ4n) is 2.23. The zero-order valence-corrected chi connectivity index (χ0v) is 11.8. The van der Waals surface area contributed by atoms with E-state index in [1.54, 1.807) is 13.1 Å². The number of aromatic amines is 1. The van der Waals surface area contributed by atoms with Crippen molar-refractivity contribution in [2.45, 2.75) is 6.92 Å². The van der Waals surface area contributed by atoms with Crippen LogP contribution < -0.4 is 11.1 Å². The smallest absolute Gasteiger partial charge is 0.275 e. The van der Waals surface area contributed by atoms with Crippen molar-refractivity contribution < 1.29 is 9.59 Å². The summed E-state index contributed by atoms with van der Waals surface area (Å²) in [4.78, 5) is 28.0. The molecule has 7 heteroatoms. The molecule has 0 unspecified atom stereocenters. The third-order valence-electron chi connectivity index (χ3n) is 3.31. The molecule has 0 aliphatic carbocycles. The molecule has 4 N–H and O–H groups in total. The highest BCUT2D eigenvalue weighted by atomic mass is 16.2. The molecule has 3 rings (SSSR count). The highest BCUT2D eigenvalue weighted by molar-refractivity contribution is 6.13. The summed E-state index contributed by atoms with van der Waals surface area (Å²) in [5.74, 6) is -1.14. The molecule has 0 spiro atoms. The number of nitrogens with zero attached hydrogens (tertiary/aromatic N) is 2. The minimum atomic E-state index is -0.717. The molecule has 2 heterocycles. The number of benzene rings is 1. The summed E-state index contributed by atoms with van der Waals surface area (Å²) in [6.07, 6.45) is 1.56. The van der Waals surface area contributed by atoms with E-state index in [0.717, 1.165) is 10.8 Å². The Morgan fingerprint density at radius 1 is 1.18 bits per heavy atom. The van der Waals surface area contributed by atoms with Crippen LogP contribution in [0.1, 0.15) is 26.7 Å². The Balaban J connectivity index is 2.01. The van der Waals surface area contributed by atoms with Crippen molar-refractivity contribution >= 4 is 28.3 Å². The predicted octanol–water partition coefficient (Wildman–Crippen LogP) is 1.62. The molecule has 0 fully saturated rings.